The van der Waals surface area contributed by atoms with Gasteiger partial charge in [0.1, 0.15) is 5.03 Å². The molecule has 0 atom stereocenters. The zero-order chi connectivity index (χ0) is 10.2. The molecule has 1 aromatic rings. The Bertz CT molecular complexity index is 274. The van der Waals surface area contributed by atoms with E-state index in [2.05, 4.69) is 11.9 Å². The van der Waals surface area contributed by atoms with Crippen LogP contribution >= 0.6 is 11.8 Å². The van der Waals surface area contributed by atoms with Gasteiger partial charge in [0.05, 0.1) is 0 Å². The fraction of sp³-hybridized carbons (Fsp3) is 0.455. The number of nitrogens with zero attached hydrogens (tertiary/aromatic N) is 1. The van der Waals surface area contributed by atoms with E-state index in [1.54, 1.807) is 6.20 Å². The van der Waals surface area contributed by atoms with E-state index in [9.17, 15) is 4.79 Å². The maximum absolute atomic E-state index is 11.4. The second-order valence-corrected chi connectivity index (χ2v) is 4.18. The number of unbranched alkanes of at least 4 members (excludes halogenated alkanes) is 2. The monoisotopic (exact) mass is 209 g/mol. The molecule has 0 aliphatic heterocycles. The maximum atomic E-state index is 11.4. The number of rotatable bonds is 5. The Morgan fingerprint density at radius 3 is 2.93 bits per heavy atom. The highest BCUT2D eigenvalue weighted by atomic mass is 32.2. The first-order chi connectivity index (χ1) is 6.83. The Morgan fingerprint density at radius 1 is 1.43 bits per heavy atom. The Morgan fingerprint density at radius 2 is 2.29 bits per heavy atom. The second kappa shape index (κ2) is 6.60. The van der Waals surface area contributed by atoms with Crippen molar-refractivity contribution in [3.05, 3.63) is 24.4 Å². The highest BCUT2D eigenvalue weighted by Gasteiger charge is 2.04. The quantitative estimate of drug-likeness (QED) is 0.550. The molecular weight excluding hydrogens is 194 g/mol. The summed E-state index contributed by atoms with van der Waals surface area (Å²) in [6.45, 7) is 2.14. The minimum absolute atomic E-state index is 0.220. The van der Waals surface area contributed by atoms with Crippen LogP contribution in [0.25, 0.3) is 0 Å². The van der Waals surface area contributed by atoms with E-state index < -0.39 is 0 Å². The highest BCUT2D eigenvalue weighted by Crippen LogP contribution is 2.18. The van der Waals surface area contributed by atoms with Crippen LogP contribution in [0.3, 0.4) is 0 Å². The summed E-state index contributed by atoms with van der Waals surface area (Å²) in [5.74, 6) is 0. The Labute approximate surface area is 89.1 Å². The van der Waals surface area contributed by atoms with Gasteiger partial charge in [0, 0.05) is 12.6 Å². The summed E-state index contributed by atoms with van der Waals surface area (Å²) < 4.78 is 0. The van der Waals surface area contributed by atoms with Gasteiger partial charge in [-0.1, -0.05) is 25.8 Å². The minimum Gasteiger partial charge on any atom is -0.287 e. The standard InChI is InChI=1S/C11H15NOS/c1-2-3-4-8-11(13)14-10-7-5-6-9-12-10/h5-7,9H,2-4,8H2,1H3. The average molecular weight is 209 g/mol. The third kappa shape index (κ3) is 4.42. The van der Waals surface area contributed by atoms with Gasteiger partial charge in [-0.15, -0.1) is 0 Å². The number of carbonyl (C=O) groups excluding carboxylic acids is 1. The van der Waals surface area contributed by atoms with Crippen LogP contribution in [0.1, 0.15) is 32.6 Å². The largest absolute Gasteiger partial charge is 0.287 e. The van der Waals surface area contributed by atoms with Crippen LogP contribution < -0.4 is 0 Å². The van der Waals surface area contributed by atoms with Gasteiger partial charge in [0.15, 0.2) is 5.12 Å². The van der Waals surface area contributed by atoms with Gasteiger partial charge in [0.2, 0.25) is 0 Å². The summed E-state index contributed by atoms with van der Waals surface area (Å²) >= 11 is 1.24. The molecule has 0 saturated heterocycles. The summed E-state index contributed by atoms with van der Waals surface area (Å²) in [4.78, 5) is 15.5. The lowest BCUT2D eigenvalue weighted by Crippen LogP contribution is -1.92. The molecule has 2 nitrogen and oxygen atoms in total. The topological polar surface area (TPSA) is 30.0 Å². The van der Waals surface area contributed by atoms with Gasteiger partial charge in [-0.2, -0.15) is 0 Å². The van der Waals surface area contributed by atoms with E-state index in [1.165, 1.54) is 11.8 Å². The van der Waals surface area contributed by atoms with Crippen LogP contribution in [0, 0.1) is 0 Å². The summed E-state index contributed by atoms with van der Waals surface area (Å²) in [7, 11) is 0. The molecule has 0 amide bonds. The van der Waals surface area contributed by atoms with Crippen molar-refractivity contribution in [2.45, 2.75) is 37.6 Å². The second-order valence-electron chi connectivity index (χ2n) is 3.10. The minimum atomic E-state index is 0.220. The molecule has 0 spiro atoms. The molecule has 0 N–H and O–H groups in total. The predicted octanol–water partition coefficient (Wildman–Crippen LogP) is 3.28. The zero-order valence-electron chi connectivity index (χ0n) is 8.40. The van der Waals surface area contributed by atoms with E-state index >= 15 is 0 Å². The summed E-state index contributed by atoms with van der Waals surface area (Å²) in [6, 6.07) is 5.61. The normalized spacial score (nSPS) is 10.1. The summed E-state index contributed by atoms with van der Waals surface area (Å²) in [6.07, 6.45) is 5.65. The number of hydrogen-bond acceptors (Lipinski definition) is 3. The van der Waals surface area contributed by atoms with Crippen molar-refractivity contribution < 1.29 is 4.79 Å². The van der Waals surface area contributed by atoms with Gasteiger partial charge >= 0.3 is 0 Å². The van der Waals surface area contributed by atoms with Gasteiger partial charge in [0.25, 0.3) is 0 Å². The van der Waals surface area contributed by atoms with Crippen molar-refractivity contribution in [3.8, 4) is 0 Å². The van der Waals surface area contributed by atoms with E-state index in [-0.39, 0.29) is 5.12 Å². The van der Waals surface area contributed by atoms with Crippen LogP contribution in [0.2, 0.25) is 0 Å². The fourth-order valence-corrected chi connectivity index (χ4v) is 1.83. The first-order valence-electron chi connectivity index (χ1n) is 4.94. The van der Waals surface area contributed by atoms with Crippen LogP contribution in [0.15, 0.2) is 29.4 Å². The molecule has 1 heterocycles. The first-order valence-corrected chi connectivity index (χ1v) is 5.76. The Balaban J connectivity index is 2.27. The maximum Gasteiger partial charge on any atom is 0.195 e. The molecule has 3 heteroatoms. The molecule has 0 unspecified atom stereocenters. The molecule has 1 rings (SSSR count). The molecule has 0 radical (unpaired) electrons. The van der Waals surface area contributed by atoms with Crippen molar-refractivity contribution in [1.82, 2.24) is 4.98 Å². The number of aromatic nitrogens is 1. The SMILES string of the molecule is CCCCCC(=O)Sc1ccccn1. The van der Waals surface area contributed by atoms with Gasteiger partial charge in [-0.3, -0.25) is 4.79 Å². The molecule has 0 aliphatic carbocycles. The smallest absolute Gasteiger partial charge is 0.195 e. The van der Waals surface area contributed by atoms with E-state index in [0.29, 0.717) is 6.42 Å². The van der Waals surface area contributed by atoms with Gasteiger partial charge in [-0.05, 0) is 30.3 Å². The summed E-state index contributed by atoms with van der Waals surface area (Å²) in [5, 5.41) is 1.02. The average Bonchev–Trinajstić information content (AvgIpc) is 2.20. The van der Waals surface area contributed by atoms with Crippen molar-refractivity contribution >= 4 is 16.9 Å². The predicted molar refractivity (Wildman–Crippen MR) is 59.2 cm³/mol. The van der Waals surface area contributed by atoms with E-state index in [4.69, 9.17) is 0 Å². The molecule has 0 fully saturated rings. The molecule has 1 aromatic heterocycles. The zero-order valence-corrected chi connectivity index (χ0v) is 9.22. The van der Waals surface area contributed by atoms with Crippen LogP contribution in [-0.2, 0) is 4.79 Å². The summed E-state index contributed by atoms with van der Waals surface area (Å²) in [5.41, 5.74) is 0. The molecule has 0 saturated carbocycles. The fourth-order valence-electron chi connectivity index (χ4n) is 1.09. The number of hydrogen-bond donors (Lipinski definition) is 0. The lowest BCUT2D eigenvalue weighted by atomic mass is 10.2. The van der Waals surface area contributed by atoms with Crippen molar-refractivity contribution in [1.29, 1.82) is 0 Å². The Kier molecular flexibility index (Phi) is 5.30. The lowest BCUT2D eigenvalue weighted by Gasteiger charge is -1.98. The third-order valence-electron chi connectivity index (χ3n) is 1.84. The molecule has 76 valence electrons. The van der Waals surface area contributed by atoms with Crippen LogP contribution in [0.4, 0.5) is 0 Å². The molecular formula is C11H15NOS. The number of carbonyl (C=O) groups is 1. The van der Waals surface area contributed by atoms with Crippen LogP contribution in [-0.4, -0.2) is 10.1 Å². The number of thioether (sulfide) groups is 1. The van der Waals surface area contributed by atoms with E-state index in [0.717, 1.165) is 24.3 Å². The molecule has 0 aromatic carbocycles. The van der Waals surface area contributed by atoms with Gasteiger partial charge < -0.3 is 0 Å². The third-order valence-corrected chi connectivity index (χ3v) is 2.72. The number of pyridine rings is 1. The van der Waals surface area contributed by atoms with E-state index in [1.807, 2.05) is 18.2 Å². The van der Waals surface area contributed by atoms with Crippen molar-refractivity contribution in [2.24, 2.45) is 0 Å². The molecule has 14 heavy (non-hydrogen) atoms. The highest BCUT2D eigenvalue weighted by molar-refractivity contribution is 8.13. The molecule has 0 aliphatic rings. The van der Waals surface area contributed by atoms with Gasteiger partial charge in [-0.25, -0.2) is 4.98 Å². The Hall–Kier alpha value is -0.830. The van der Waals surface area contributed by atoms with Crippen molar-refractivity contribution in [2.75, 3.05) is 0 Å². The lowest BCUT2D eigenvalue weighted by molar-refractivity contribution is -0.111. The van der Waals surface area contributed by atoms with Crippen molar-refractivity contribution in [3.63, 3.8) is 0 Å². The first kappa shape index (κ1) is 11.2. The molecule has 0 bridgehead atoms. The van der Waals surface area contributed by atoms with Crippen LogP contribution in [0.5, 0.6) is 0 Å².